The Bertz CT molecular complexity index is 1670. The second kappa shape index (κ2) is 10.8. The molecule has 0 bridgehead atoms. The molecule has 2 atom stereocenters. The van der Waals surface area contributed by atoms with Crippen molar-refractivity contribution in [1.82, 2.24) is 0 Å². The van der Waals surface area contributed by atoms with Crippen LogP contribution in [0.4, 0.5) is 11.4 Å². The summed E-state index contributed by atoms with van der Waals surface area (Å²) in [5.41, 5.74) is 3.04. The Morgan fingerprint density at radius 3 is 2.00 bits per heavy atom. The summed E-state index contributed by atoms with van der Waals surface area (Å²) in [4.78, 5) is 29.6. The zero-order valence-corrected chi connectivity index (χ0v) is 23.7. The maximum atomic E-state index is 14.4. The van der Waals surface area contributed by atoms with Crippen LogP contribution < -0.4 is 9.21 Å². The van der Waals surface area contributed by atoms with E-state index in [0.717, 1.165) is 15.4 Å². The summed E-state index contributed by atoms with van der Waals surface area (Å²) in [5.74, 6) is -1.29. The molecular formula is C31H27ClN2O5S. The molecule has 0 aliphatic carbocycles. The van der Waals surface area contributed by atoms with E-state index < -0.39 is 34.0 Å². The van der Waals surface area contributed by atoms with Gasteiger partial charge in [-0.05, 0) is 67.9 Å². The average Bonchev–Trinajstić information content (AvgIpc) is 3.07. The van der Waals surface area contributed by atoms with E-state index in [0.29, 0.717) is 16.3 Å². The third kappa shape index (κ3) is 4.85. The number of amides is 1. The molecule has 40 heavy (non-hydrogen) atoms. The summed E-state index contributed by atoms with van der Waals surface area (Å²) in [6, 6.07) is 24.1. The van der Waals surface area contributed by atoms with E-state index in [1.54, 1.807) is 66.7 Å². The lowest BCUT2D eigenvalue weighted by Crippen LogP contribution is -2.53. The summed E-state index contributed by atoms with van der Waals surface area (Å²) in [6.45, 7) is 3.77. The number of methoxy groups -OCH3 is 1. The van der Waals surface area contributed by atoms with Gasteiger partial charge in [0.15, 0.2) is 6.04 Å². The molecule has 204 valence electrons. The third-order valence-corrected chi connectivity index (χ3v) is 9.03. The van der Waals surface area contributed by atoms with Gasteiger partial charge in [-0.25, -0.2) is 17.5 Å². The number of hydrogen-bond donors (Lipinski definition) is 0. The molecule has 0 radical (unpaired) electrons. The Morgan fingerprint density at radius 1 is 0.825 bits per heavy atom. The number of ether oxygens (including phenoxy) is 1. The lowest BCUT2D eigenvalue weighted by atomic mass is 9.96. The van der Waals surface area contributed by atoms with Crippen LogP contribution in [0.25, 0.3) is 0 Å². The predicted molar refractivity (Wildman–Crippen MR) is 155 cm³/mol. The van der Waals surface area contributed by atoms with Crippen LogP contribution >= 0.6 is 11.6 Å². The van der Waals surface area contributed by atoms with Gasteiger partial charge in [-0.15, -0.1) is 0 Å². The standard InChI is InChI=1S/C31H27ClN2O5S/c1-20-8-12-22(13-9-20)28-29(31(36)39-3)34(40(37,38)25-18-10-21(2)11-19-25)27-7-5-4-6-26(27)30(35)33(28)24-16-14-23(32)15-17-24/h4-19,28-29H,1-3H3. The number of aryl methyl sites for hydroxylation is 2. The predicted octanol–water partition coefficient (Wildman–Crippen LogP) is 6.10. The number of hydrogen-bond acceptors (Lipinski definition) is 5. The minimum absolute atomic E-state index is 0.0168. The van der Waals surface area contributed by atoms with Crippen molar-refractivity contribution >= 4 is 44.9 Å². The fourth-order valence-corrected chi connectivity index (χ4v) is 6.70. The highest BCUT2D eigenvalue weighted by Gasteiger charge is 2.50. The Balaban J connectivity index is 1.87. The van der Waals surface area contributed by atoms with Gasteiger partial charge in [-0.1, -0.05) is 71.3 Å². The van der Waals surface area contributed by atoms with Crippen molar-refractivity contribution in [2.75, 3.05) is 16.3 Å². The molecule has 4 aromatic carbocycles. The molecule has 1 amide bonds. The number of anilines is 2. The molecule has 1 aliphatic rings. The van der Waals surface area contributed by atoms with E-state index in [2.05, 4.69) is 0 Å². The summed E-state index contributed by atoms with van der Waals surface area (Å²) < 4.78 is 35.2. The van der Waals surface area contributed by atoms with E-state index in [-0.39, 0.29) is 16.1 Å². The maximum Gasteiger partial charge on any atom is 0.332 e. The highest BCUT2D eigenvalue weighted by atomic mass is 35.5. The molecule has 0 aromatic heterocycles. The molecule has 7 nitrogen and oxygen atoms in total. The Labute approximate surface area is 238 Å². The molecular weight excluding hydrogens is 548 g/mol. The Hall–Kier alpha value is -4.14. The van der Waals surface area contributed by atoms with Gasteiger partial charge in [-0.3, -0.25) is 9.69 Å². The molecule has 1 heterocycles. The van der Waals surface area contributed by atoms with Gasteiger partial charge in [0.1, 0.15) is 0 Å². The third-order valence-electron chi connectivity index (χ3n) is 6.96. The normalized spacial score (nSPS) is 17.2. The first kappa shape index (κ1) is 27.4. The van der Waals surface area contributed by atoms with Crippen molar-refractivity contribution < 1.29 is 22.7 Å². The second-order valence-corrected chi connectivity index (χ2v) is 11.9. The summed E-state index contributed by atoms with van der Waals surface area (Å²) in [5, 5.41) is 0.464. The SMILES string of the molecule is COC(=O)C1C(c2ccc(C)cc2)N(c2ccc(Cl)cc2)C(=O)c2ccccc2N1S(=O)(=O)c1ccc(C)cc1. The quantitative estimate of drug-likeness (QED) is 0.269. The number of nitrogens with zero attached hydrogens (tertiary/aromatic N) is 2. The molecule has 0 saturated carbocycles. The van der Waals surface area contributed by atoms with E-state index in [9.17, 15) is 18.0 Å². The number of rotatable bonds is 5. The second-order valence-electron chi connectivity index (χ2n) is 9.61. The zero-order chi connectivity index (χ0) is 28.6. The minimum atomic E-state index is -4.37. The van der Waals surface area contributed by atoms with Crippen LogP contribution in [0.15, 0.2) is 102 Å². The lowest BCUT2D eigenvalue weighted by molar-refractivity contribution is -0.142. The number of fused-ring (bicyclic) bond motifs is 1. The zero-order valence-electron chi connectivity index (χ0n) is 22.1. The smallest absolute Gasteiger partial charge is 0.332 e. The molecule has 2 unspecified atom stereocenters. The molecule has 9 heteroatoms. The molecule has 1 aliphatic heterocycles. The Morgan fingerprint density at radius 2 is 1.40 bits per heavy atom. The average molecular weight is 575 g/mol. The van der Waals surface area contributed by atoms with Crippen LogP contribution in [-0.4, -0.2) is 33.4 Å². The van der Waals surface area contributed by atoms with E-state index in [1.165, 1.54) is 30.2 Å². The topological polar surface area (TPSA) is 84.0 Å². The van der Waals surface area contributed by atoms with Crippen molar-refractivity contribution in [3.8, 4) is 0 Å². The fourth-order valence-electron chi connectivity index (χ4n) is 4.94. The molecule has 0 fully saturated rings. The van der Waals surface area contributed by atoms with Crippen molar-refractivity contribution in [3.05, 3.63) is 124 Å². The largest absolute Gasteiger partial charge is 0.467 e. The summed E-state index contributed by atoms with van der Waals surface area (Å²) in [6.07, 6.45) is 0. The van der Waals surface area contributed by atoms with Gasteiger partial charge < -0.3 is 4.74 Å². The molecule has 0 N–H and O–H groups in total. The number of sulfonamides is 1. The maximum absolute atomic E-state index is 14.4. The van der Waals surface area contributed by atoms with Crippen LogP contribution in [0.5, 0.6) is 0 Å². The summed E-state index contributed by atoms with van der Waals surface area (Å²) in [7, 11) is -3.17. The highest BCUT2D eigenvalue weighted by Crippen LogP contribution is 2.43. The fraction of sp³-hybridized carbons (Fsp3) is 0.161. The van der Waals surface area contributed by atoms with Gasteiger partial charge in [0.2, 0.25) is 0 Å². The highest BCUT2D eigenvalue weighted by molar-refractivity contribution is 7.93. The number of carbonyl (C=O) groups excluding carboxylic acids is 2. The van der Waals surface area contributed by atoms with E-state index >= 15 is 0 Å². The van der Waals surface area contributed by atoms with Gasteiger partial charge >= 0.3 is 5.97 Å². The van der Waals surface area contributed by atoms with Gasteiger partial charge in [0.05, 0.1) is 29.3 Å². The molecule has 5 rings (SSSR count). The van der Waals surface area contributed by atoms with E-state index in [1.807, 2.05) is 26.0 Å². The Kier molecular flexibility index (Phi) is 7.40. The van der Waals surface area contributed by atoms with Crippen molar-refractivity contribution in [1.29, 1.82) is 0 Å². The van der Waals surface area contributed by atoms with Crippen LogP contribution in [0.3, 0.4) is 0 Å². The van der Waals surface area contributed by atoms with Crippen molar-refractivity contribution in [2.24, 2.45) is 0 Å². The first-order valence-corrected chi connectivity index (χ1v) is 14.4. The monoisotopic (exact) mass is 574 g/mol. The number of esters is 1. The van der Waals surface area contributed by atoms with Crippen LogP contribution in [0.2, 0.25) is 5.02 Å². The first-order chi connectivity index (χ1) is 19.1. The number of halogens is 1. The number of benzene rings is 4. The van der Waals surface area contributed by atoms with E-state index in [4.69, 9.17) is 16.3 Å². The van der Waals surface area contributed by atoms with Gasteiger partial charge in [0, 0.05) is 10.7 Å². The minimum Gasteiger partial charge on any atom is -0.467 e. The first-order valence-electron chi connectivity index (χ1n) is 12.6. The van der Waals surface area contributed by atoms with Crippen molar-refractivity contribution in [2.45, 2.75) is 30.8 Å². The lowest BCUT2D eigenvalue weighted by Gasteiger charge is -2.38. The number of carbonyl (C=O) groups is 2. The molecule has 4 aromatic rings. The van der Waals surface area contributed by atoms with Crippen LogP contribution in [0, 0.1) is 13.8 Å². The van der Waals surface area contributed by atoms with Crippen LogP contribution in [0.1, 0.15) is 33.1 Å². The molecule has 0 saturated heterocycles. The van der Waals surface area contributed by atoms with Crippen molar-refractivity contribution in [3.63, 3.8) is 0 Å². The number of para-hydroxylation sites is 1. The van der Waals surface area contributed by atoms with Gasteiger partial charge in [-0.2, -0.15) is 0 Å². The molecule has 0 spiro atoms. The van der Waals surface area contributed by atoms with Gasteiger partial charge in [0.25, 0.3) is 15.9 Å². The summed E-state index contributed by atoms with van der Waals surface area (Å²) >= 11 is 6.17. The van der Waals surface area contributed by atoms with Crippen LogP contribution in [-0.2, 0) is 19.6 Å².